The smallest absolute Gasteiger partial charge is 0.342 e. The van der Waals surface area contributed by atoms with E-state index in [9.17, 15) is 34.4 Å². The van der Waals surface area contributed by atoms with E-state index >= 15 is 0 Å². The Labute approximate surface area is 198 Å². The van der Waals surface area contributed by atoms with E-state index in [4.69, 9.17) is 11.6 Å². The van der Waals surface area contributed by atoms with Gasteiger partial charge in [-0.1, -0.05) is 11.6 Å². The second-order valence-corrected chi connectivity index (χ2v) is 12.9. The molecule has 1 unspecified atom stereocenters. The molecule has 1 saturated heterocycles. The molecule has 1 fully saturated rings. The summed E-state index contributed by atoms with van der Waals surface area (Å²) in [5.41, 5.74) is -0.348. The molecule has 0 aliphatic carbocycles. The summed E-state index contributed by atoms with van der Waals surface area (Å²) in [4.78, 5) is 0.546. The summed E-state index contributed by atoms with van der Waals surface area (Å²) in [6, 6.07) is -0.228. The zero-order valence-corrected chi connectivity index (χ0v) is 20.3. The number of halogens is 5. The Morgan fingerprint density at radius 3 is 2.50 bits per heavy atom. The van der Waals surface area contributed by atoms with Crippen molar-refractivity contribution < 1.29 is 38.4 Å². The highest BCUT2D eigenvalue weighted by Gasteiger charge is 2.48. The maximum atomic E-state index is 14.2. The van der Waals surface area contributed by atoms with Crippen molar-refractivity contribution in [2.24, 2.45) is 0 Å². The Balaban J connectivity index is 1.85. The molecule has 2 aliphatic heterocycles. The van der Waals surface area contributed by atoms with Crippen LogP contribution >= 0.6 is 11.6 Å². The summed E-state index contributed by atoms with van der Waals surface area (Å²) in [7, 11) is -8.41. The molecule has 1 aromatic heterocycles. The van der Waals surface area contributed by atoms with Gasteiger partial charge in [0, 0.05) is 18.7 Å². The first-order chi connectivity index (χ1) is 15.7. The third-order valence-electron chi connectivity index (χ3n) is 5.77. The van der Waals surface area contributed by atoms with Crippen molar-refractivity contribution in [2.45, 2.75) is 44.2 Å². The molecule has 0 radical (unpaired) electrons. The van der Waals surface area contributed by atoms with Gasteiger partial charge in [0.2, 0.25) is 0 Å². The van der Waals surface area contributed by atoms with Crippen LogP contribution in [0.5, 0.6) is 0 Å². The third-order valence-corrected chi connectivity index (χ3v) is 9.83. The minimum Gasteiger partial charge on any atom is -0.342 e. The first kappa shape index (κ1) is 24.9. The van der Waals surface area contributed by atoms with Crippen molar-refractivity contribution in [3.8, 4) is 0 Å². The molecular formula is C19H20ClF4N4O4S2+. The van der Waals surface area contributed by atoms with Crippen molar-refractivity contribution in [3.63, 3.8) is 0 Å². The van der Waals surface area contributed by atoms with Crippen LogP contribution in [-0.4, -0.2) is 66.8 Å². The standard InChI is InChI=1S/C19H20ClF4N4O4S2/c1-11(2)33(29,30)26-7-5-13(10-26)34(31,32)28-15-9-12(21)8-14(20)17(15)18(25-28)27-6-3-4-16(27)19(22,23)24/h5,7-9,11,16H,3-4,6,10H2,1-2H3/q+1. The second kappa shape index (κ2) is 8.19. The van der Waals surface area contributed by atoms with Crippen molar-refractivity contribution in [2.75, 3.05) is 18.0 Å². The molecule has 0 N–H and O–H groups in total. The van der Waals surface area contributed by atoms with Gasteiger partial charge in [-0.2, -0.15) is 34.1 Å². The van der Waals surface area contributed by atoms with Crippen molar-refractivity contribution in [1.82, 2.24) is 9.19 Å². The van der Waals surface area contributed by atoms with Gasteiger partial charge in [0.15, 0.2) is 18.6 Å². The van der Waals surface area contributed by atoms with E-state index in [0.717, 1.165) is 33.3 Å². The van der Waals surface area contributed by atoms with Crippen LogP contribution in [0.4, 0.5) is 23.4 Å². The van der Waals surface area contributed by atoms with Gasteiger partial charge >= 0.3 is 16.2 Å². The Hall–Kier alpha value is -2.19. The first-order valence-electron chi connectivity index (χ1n) is 10.2. The van der Waals surface area contributed by atoms with Crippen molar-refractivity contribution in [1.29, 1.82) is 0 Å². The molecule has 2 aromatic rings. The lowest BCUT2D eigenvalue weighted by molar-refractivity contribution is -0.344. The summed E-state index contributed by atoms with van der Waals surface area (Å²) in [6.07, 6.45) is -2.48. The van der Waals surface area contributed by atoms with Crippen LogP contribution in [0.2, 0.25) is 5.02 Å². The maximum absolute atomic E-state index is 14.2. The fourth-order valence-electron chi connectivity index (χ4n) is 4.02. The zero-order valence-electron chi connectivity index (χ0n) is 17.9. The minimum absolute atomic E-state index is 0.0546. The molecule has 4 rings (SSSR count). The van der Waals surface area contributed by atoms with Crippen LogP contribution in [0.25, 0.3) is 10.9 Å². The highest BCUT2D eigenvalue weighted by atomic mass is 35.5. The first-order valence-corrected chi connectivity index (χ1v) is 13.5. The number of aromatic nitrogens is 2. The van der Waals surface area contributed by atoms with Gasteiger partial charge in [0.05, 0.1) is 15.9 Å². The lowest BCUT2D eigenvalue weighted by atomic mass is 10.2. The highest BCUT2D eigenvalue weighted by Crippen LogP contribution is 2.41. The molecule has 1 aromatic carbocycles. The van der Waals surface area contributed by atoms with Crippen molar-refractivity contribution >= 4 is 54.6 Å². The van der Waals surface area contributed by atoms with Gasteiger partial charge in [-0.15, -0.1) is 9.08 Å². The Kier molecular flexibility index (Phi) is 6.00. The number of alkyl halides is 3. The van der Waals surface area contributed by atoms with Crippen LogP contribution in [-0.2, 0) is 20.0 Å². The number of sulfonamides is 1. The number of benzene rings is 1. The Bertz CT molecular complexity index is 1450. The van der Waals surface area contributed by atoms with Crippen LogP contribution in [0, 0.1) is 5.82 Å². The predicted molar refractivity (Wildman–Crippen MR) is 119 cm³/mol. The van der Waals surface area contributed by atoms with Gasteiger partial charge in [-0.3, -0.25) is 0 Å². The summed E-state index contributed by atoms with van der Waals surface area (Å²) in [5, 5.41) is 2.70. The number of rotatable bonds is 5. The Morgan fingerprint density at radius 1 is 1.21 bits per heavy atom. The van der Waals surface area contributed by atoms with E-state index in [1.54, 1.807) is 0 Å². The molecule has 15 heteroatoms. The van der Waals surface area contributed by atoms with Crippen LogP contribution in [0.1, 0.15) is 26.7 Å². The van der Waals surface area contributed by atoms with Gasteiger partial charge < -0.3 is 4.90 Å². The molecule has 186 valence electrons. The number of hydrogen-bond acceptors (Lipinski definition) is 6. The topological polar surface area (TPSA) is 92.3 Å². The minimum atomic E-state index is -4.60. The molecule has 0 amide bonds. The molecule has 0 bridgehead atoms. The number of anilines is 1. The molecule has 2 aliphatic rings. The Morgan fingerprint density at radius 2 is 1.88 bits per heavy atom. The van der Waals surface area contributed by atoms with Gasteiger partial charge in [0.25, 0.3) is 10.0 Å². The summed E-state index contributed by atoms with van der Waals surface area (Å²) in [6.45, 7) is 2.28. The van der Waals surface area contributed by atoms with Crippen molar-refractivity contribution in [3.05, 3.63) is 34.0 Å². The van der Waals surface area contributed by atoms with E-state index in [0.29, 0.717) is 4.09 Å². The molecule has 3 heterocycles. The zero-order chi connectivity index (χ0) is 25.2. The third kappa shape index (κ3) is 3.98. The lowest BCUT2D eigenvalue weighted by Gasteiger charge is -2.26. The summed E-state index contributed by atoms with van der Waals surface area (Å²) in [5.74, 6) is -1.25. The van der Waals surface area contributed by atoms with Gasteiger partial charge in [-0.05, 0) is 32.8 Å². The fraction of sp³-hybridized carbons (Fsp3) is 0.474. The molecule has 0 saturated carbocycles. The predicted octanol–water partition coefficient (Wildman–Crippen LogP) is 3.26. The molecule has 8 nitrogen and oxygen atoms in total. The maximum Gasteiger partial charge on any atom is 0.408 e. The normalized spacial score (nSPS) is 19.9. The van der Waals surface area contributed by atoms with E-state index < -0.39 is 49.9 Å². The number of fused-ring (bicyclic) bond motifs is 1. The van der Waals surface area contributed by atoms with E-state index in [1.165, 1.54) is 13.8 Å². The van der Waals surface area contributed by atoms with E-state index in [2.05, 4.69) is 5.10 Å². The number of hydrogen-bond donors (Lipinski definition) is 0. The largest absolute Gasteiger partial charge is 0.408 e. The second-order valence-electron chi connectivity index (χ2n) is 8.27. The van der Waals surface area contributed by atoms with Gasteiger partial charge in [-0.25, -0.2) is 4.39 Å². The summed E-state index contributed by atoms with van der Waals surface area (Å²) >= 11 is 6.14. The van der Waals surface area contributed by atoms with Crippen LogP contribution < -0.4 is 4.90 Å². The monoisotopic (exact) mass is 543 g/mol. The average Bonchev–Trinajstić information content (AvgIpc) is 3.44. The summed E-state index contributed by atoms with van der Waals surface area (Å²) < 4.78 is 108. The molecular weight excluding hydrogens is 524 g/mol. The van der Waals surface area contributed by atoms with E-state index in [1.807, 2.05) is 0 Å². The number of allylic oxidation sites excluding steroid dienone is 1. The SMILES string of the molecule is CC(C)S(=O)(=O)[N+]1=CC=C(S(=O)(=O)n2nc(N3CCCC3C(F)(F)F)c3c(Cl)cc(F)cc32)C1. The average molecular weight is 544 g/mol. The molecule has 1 atom stereocenters. The van der Waals surface area contributed by atoms with E-state index in [-0.39, 0.29) is 46.0 Å². The van der Waals surface area contributed by atoms with Crippen LogP contribution in [0.3, 0.4) is 0 Å². The number of nitrogens with zero attached hydrogens (tertiary/aromatic N) is 4. The van der Waals surface area contributed by atoms with Gasteiger partial charge in [0.1, 0.15) is 22.0 Å². The van der Waals surface area contributed by atoms with Crippen LogP contribution in [0.15, 0.2) is 23.1 Å². The molecule has 0 spiro atoms. The fourth-order valence-corrected chi connectivity index (χ4v) is 6.82. The molecule has 34 heavy (non-hydrogen) atoms. The highest BCUT2D eigenvalue weighted by molar-refractivity contribution is 7.94. The quantitative estimate of drug-likeness (QED) is 0.425. The lowest BCUT2D eigenvalue weighted by Crippen LogP contribution is -2.41.